The highest BCUT2D eigenvalue weighted by Crippen LogP contribution is 2.22. The molecule has 0 spiro atoms. The molecule has 1 amide bonds. The molecule has 1 heterocycles. The van der Waals surface area contributed by atoms with Gasteiger partial charge < -0.3 is 15.2 Å². The maximum absolute atomic E-state index is 13.8. The van der Waals surface area contributed by atoms with Gasteiger partial charge in [0.05, 0.1) is 16.6 Å². The van der Waals surface area contributed by atoms with E-state index in [2.05, 4.69) is 21.2 Å². The summed E-state index contributed by atoms with van der Waals surface area (Å²) in [7, 11) is 0. The summed E-state index contributed by atoms with van der Waals surface area (Å²) in [6, 6.07) is 4.25. The van der Waals surface area contributed by atoms with Crippen molar-refractivity contribution < 1.29 is 23.8 Å². The molecule has 0 aromatic heterocycles. The summed E-state index contributed by atoms with van der Waals surface area (Å²) in [5.74, 6) is -2.68. The van der Waals surface area contributed by atoms with E-state index >= 15 is 0 Å². The smallest absolute Gasteiger partial charge is 0.331 e. The van der Waals surface area contributed by atoms with E-state index in [1.165, 1.54) is 18.2 Å². The molecule has 1 unspecified atom stereocenters. The number of hydrogen-bond acceptors (Lipinski definition) is 3. The summed E-state index contributed by atoms with van der Waals surface area (Å²) in [6.45, 7) is 0.122. The van der Waals surface area contributed by atoms with E-state index in [4.69, 9.17) is 4.74 Å². The molecule has 0 bridgehead atoms. The SMILES string of the molecule is O=C(NC1(C(=O)O)CCOC1)c1cccc(Br)c1F. The Labute approximate surface area is 116 Å². The number of carbonyl (C=O) groups excluding carboxylic acids is 1. The second-order valence-electron chi connectivity index (χ2n) is 4.25. The number of carboxylic acids is 1. The minimum absolute atomic E-state index is 0.121. The average molecular weight is 332 g/mol. The van der Waals surface area contributed by atoms with Crippen LogP contribution >= 0.6 is 15.9 Å². The Morgan fingerprint density at radius 1 is 1.47 bits per heavy atom. The van der Waals surface area contributed by atoms with Gasteiger partial charge >= 0.3 is 5.97 Å². The zero-order valence-electron chi connectivity index (χ0n) is 9.78. The minimum atomic E-state index is -1.48. The second-order valence-corrected chi connectivity index (χ2v) is 5.10. The predicted octanol–water partition coefficient (Wildman–Crippen LogP) is 1.56. The van der Waals surface area contributed by atoms with Gasteiger partial charge in [-0.2, -0.15) is 0 Å². The van der Waals surface area contributed by atoms with Crippen molar-refractivity contribution in [3.05, 3.63) is 34.1 Å². The van der Waals surface area contributed by atoms with Crippen molar-refractivity contribution in [1.29, 1.82) is 0 Å². The summed E-state index contributed by atoms with van der Waals surface area (Å²) in [4.78, 5) is 23.2. The largest absolute Gasteiger partial charge is 0.479 e. The summed E-state index contributed by atoms with van der Waals surface area (Å²) in [6.07, 6.45) is 0.156. The molecule has 2 rings (SSSR count). The van der Waals surface area contributed by atoms with Crippen LogP contribution in [-0.4, -0.2) is 35.7 Å². The Hall–Kier alpha value is -1.47. The predicted molar refractivity (Wildman–Crippen MR) is 67.4 cm³/mol. The number of ether oxygens (including phenoxy) is 1. The summed E-state index contributed by atoms with van der Waals surface area (Å²) in [5.41, 5.74) is -1.69. The van der Waals surface area contributed by atoms with Gasteiger partial charge in [0.2, 0.25) is 0 Å². The summed E-state index contributed by atoms with van der Waals surface area (Å²) in [5, 5.41) is 11.5. The third-order valence-electron chi connectivity index (χ3n) is 2.98. The topological polar surface area (TPSA) is 75.6 Å². The maximum Gasteiger partial charge on any atom is 0.331 e. The van der Waals surface area contributed by atoms with Crippen LogP contribution in [0.15, 0.2) is 22.7 Å². The van der Waals surface area contributed by atoms with Crippen molar-refractivity contribution in [3.8, 4) is 0 Å². The van der Waals surface area contributed by atoms with Gasteiger partial charge in [-0.15, -0.1) is 0 Å². The molecule has 102 valence electrons. The normalized spacial score (nSPS) is 22.2. The number of carbonyl (C=O) groups is 2. The highest BCUT2D eigenvalue weighted by Gasteiger charge is 2.44. The van der Waals surface area contributed by atoms with Crippen molar-refractivity contribution in [3.63, 3.8) is 0 Å². The number of nitrogens with one attached hydrogen (secondary N) is 1. The van der Waals surface area contributed by atoms with Crippen LogP contribution in [0.1, 0.15) is 16.8 Å². The minimum Gasteiger partial charge on any atom is -0.479 e. The molecule has 1 atom stereocenters. The molecule has 1 fully saturated rings. The maximum atomic E-state index is 13.8. The highest BCUT2D eigenvalue weighted by molar-refractivity contribution is 9.10. The Morgan fingerprint density at radius 3 is 2.79 bits per heavy atom. The van der Waals surface area contributed by atoms with Crippen LogP contribution in [0.3, 0.4) is 0 Å². The monoisotopic (exact) mass is 331 g/mol. The molecular formula is C12H11BrFNO4. The molecule has 1 aromatic rings. The van der Waals surface area contributed by atoms with E-state index in [1.54, 1.807) is 0 Å². The molecule has 0 aliphatic carbocycles. The molecule has 7 heteroatoms. The lowest BCUT2D eigenvalue weighted by Gasteiger charge is -2.23. The molecule has 1 saturated heterocycles. The van der Waals surface area contributed by atoms with Crippen LogP contribution in [0, 0.1) is 5.82 Å². The summed E-state index contributed by atoms with van der Waals surface area (Å²) >= 11 is 2.97. The van der Waals surface area contributed by atoms with Crippen LogP contribution in [0.25, 0.3) is 0 Å². The fourth-order valence-electron chi connectivity index (χ4n) is 1.85. The Bertz CT molecular complexity index is 528. The van der Waals surface area contributed by atoms with Crippen molar-refractivity contribution in [2.75, 3.05) is 13.2 Å². The average Bonchev–Trinajstić information content (AvgIpc) is 2.82. The van der Waals surface area contributed by atoms with Gasteiger partial charge in [-0.3, -0.25) is 4.79 Å². The van der Waals surface area contributed by atoms with Crippen molar-refractivity contribution in [1.82, 2.24) is 5.32 Å². The van der Waals surface area contributed by atoms with Crippen LogP contribution in [-0.2, 0) is 9.53 Å². The number of rotatable bonds is 3. The number of benzene rings is 1. The lowest BCUT2D eigenvalue weighted by molar-refractivity contribution is -0.144. The molecule has 1 aliphatic heterocycles. The van der Waals surface area contributed by atoms with Crippen LogP contribution in [0.2, 0.25) is 0 Å². The first-order chi connectivity index (χ1) is 8.96. The number of aliphatic carboxylic acids is 1. The molecule has 1 aliphatic rings. The molecule has 2 N–H and O–H groups in total. The van der Waals surface area contributed by atoms with Gasteiger partial charge in [-0.25, -0.2) is 9.18 Å². The van der Waals surface area contributed by atoms with E-state index in [-0.39, 0.29) is 29.7 Å². The van der Waals surface area contributed by atoms with E-state index in [0.29, 0.717) is 0 Å². The highest BCUT2D eigenvalue weighted by atomic mass is 79.9. The van der Waals surface area contributed by atoms with E-state index in [0.717, 1.165) is 0 Å². The van der Waals surface area contributed by atoms with Crippen LogP contribution in [0.4, 0.5) is 4.39 Å². The van der Waals surface area contributed by atoms with Crippen LogP contribution < -0.4 is 5.32 Å². The number of amides is 1. The second kappa shape index (κ2) is 5.26. The Kier molecular flexibility index (Phi) is 3.86. The molecule has 1 aromatic carbocycles. The molecule has 0 saturated carbocycles. The van der Waals surface area contributed by atoms with Crippen LogP contribution in [0.5, 0.6) is 0 Å². The van der Waals surface area contributed by atoms with Crippen molar-refractivity contribution in [2.45, 2.75) is 12.0 Å². The van der Waals surface area contributed by atoms with E-state index < -0.39 is 23.2 Å². The van der Waals surface area contributed by atoms with Gasteiger partial charge in [-0.1, -0.05) is 6.07 Å². The third kappa shape index (κ3) is 2.62. The van der Waals surface area contributed by atoms with Gasteiger partial charge in [0.1, 0.15) is 5.82 Å². The summed E-state index contributed by atoms with van der Waals surface area (Å²) < 4.78 is 18.9. The number of hydrogen-bond donors (Lipinski definition) is 2. The molecular weight excluding hydrogens is 321 g/mol. The number of halogens is 2. The zero-order valence-corrected chi connectivity index (χ0v) is 11.4. The van der Waals surface area contributed by atoms with Gasteiger partial charge in [-0.05, 0) is 28.1 Å². The first-order valence-corrected chi connectivity index (χ1v) is 6.33. The first-order valence-electron chi connectivity index (χ1n) is 5.54. The Balaban J connectivity index is 2.25. The number of carboxylic acid groups (broad SMARTS) is 1. The lowest BCUT2D eigenvalue weighted by atomic mass is 9.98. The van der Waals surface area contributed by atoms with Crippen molar-refractivity contribution >= 4 is 27.8 Å². The van der Waals surface area contributed by atoms with Gasteiger partial charge in [0.15, 0.2) is 5.54 Å². The fraction of sp³-hybridized carbons (Fsp3) is 0.333. The van der Waals surface area contributed by atoms with E-state index in [1.807, 2.05) is 0 Å². The Morgan fingerprint density at radius 2 is 2.21 bits per heavy atom. The third-order valence-corrected chi connectivity index (χ3v) is 3.59. The zero-order chi connectivity index (χ0) is 14.0. The van der Waals surface area contributed by atoms with Crippen molar-refractivity contribution in [2.24, 2.45) is 0 Å². The molecule has 5 nitrogen and oxygen atoms in total. The van der Waals surface area contributed by atoms with Gasteiger partial charge in [0.25, 0.3) is 5.91 Å². The first kappa shape index (κ1) is 14.0. The van der Waals surface area contributed by atoms with E-state index in [9.17, 15) is 19.1 Å². The van der Waals surface area contributed by atoms with Gasteiger partial charge in [0, 0.05) is 13.0 Å². The fourth-order valence-corrected chi connectivity index (χ4v) is 2.22. The lowest BCUT2D eigenvalue weighted by Crippen LogP contribution is -2.55. The molecule has 0 radical (unpaired) electrons. The standard InChI is InChI=1S/C12H11BrFNO4/c13-8-3-1-2-7(9(8)14)10(16)15-12(11(17)18)4-5-19-6-12/h1-3H,4-6H2,(H,15,16)(H,17,18). The molecule has 19 heavy (non-hydrogen) atoms. The quantitative estimate of drug-likeness (QED) is 0.881.